The third kappa shape index (κ3) is 6.80. The molecule has 1 fully saturated rings. The molecule has 1 aliphatic heterocycles. The maximum absolute atomic E-state index is 13.6. The monoisotopic (exact) mass is 416 g/mol. The molecule has 0 saturated carbocycles. The Bertz CT molecular complexity index is 524. The van der Waals surface area contributed by atoms with E-state index in [0.29, 0.717) is 5.56 Å². The van der Waals surface area contributed by atoms with Crippen LogP contribution in [0.3, 0.4) is 0 Å². The lowest BCUT2D eigenvalue weighted by Gasteiger charge is -2.36. The quantitative estimate of drug-likeness (QED) is 0.626. The van der Waals surface area contributed by atoms with Crippen LogP contribution in [0, 0.1) is 0 Å². The summed E-state index contributed by atoms with van der Waals surface area (Å²) >= 11 is 0. The van der Waals surface area contributed by atoms with E-state index in [1.54, 1.807) is 12.1 Å². The highest BCUT2D eigenvalue weighted by Gasteiger charge is 2.37. The molecule has 0 spiro atoms. The number of ether oxygens (including phenoxy) is 1. The van der Waals surface area contributed by atoms with Gasteiger partial charge in [0.1, 0.15) is 5.75 Å². The molecule has 0 unspecified atom stereocenters. The van der Waals surface area contributed by atoms with Crippen molar-refractivity contribution in [3.63, 3.8) is 0 Å². The van der Waals surface area contributed by atoms with E-state index in [9.17, 15) is 13.2 Å². The largest absolute Gasteiger partial charge is 0.497 e. The molecule has 8 heteroatoms. The number of hydrogen-bond donors (Lipinski definition) is 1. The molecular weight excluding hydrogens is 388 g/mol. The standard InChI is InChI=1S/C18H27F3N2O.2ClH/c1-3-4-5-6-17(23-11-9-22-10-12-23)15-8-7-14(24-2)13-16(15)18(19,20)21;;/h7-8,13,17,22H,3-6,9-12H2,1-2H3;2*1H/t17-;;/m1../s1. The molecule has 3 nitrogen and oxygen atoms in total. The summed E-state index contributed by atoms with van der Waals surface area (Å²) in [6.45, 7) is 5.30. The highest BCUT2D eigenvalue weighted by atomic mass is 35.5. The average molecular weight is 417 g/mol. The van der Waals surface area contributed by atoms with Crippen LogP contribution in [0.2, 0.25) is 0 Å². The van der Waals surface area contributed by atoms with E-state index in [2.05, 4.69) is 17.1 Å². The zero-order chi connectivity index (χ0) is 17.6. The molecule has 0 aromatic heterocycles. The van der Waals surface area contributed by atoms with Crippen LogP contribution < -0.4 is 10.1 Å². The van der Waals surface area contributed by atoms with Crippen molar-refractivity contribution in [2.24, 2.45) is 0 Å². The first-order valence-corrected chi connectivity index (χ1v) is 8.67. The first-order valence-electron chi connectivity index (χ1n) is 8.67. The lowest BCUT2D eigenvalue weighted by Crippen LogP contribution is -2.45. The maximum atomic E-state index is 13.6. The molecule has 1 atom stereocenters. The van der Waals surface area contributed by atoms with Crippen molar-refractivity contribution in [3.05, 3.63) is 29.3 Å². The number of methoxy groups -OCH3 is 1. The Hall–Kier alpha value is -0.690. The number of unbranched alkanes of at least 4 members (excludes halogenated alkanes) is 2. The van der Waals surface area contributed by atoms with Crippen LogP contribution in [-0.2, 0) is 6.18 Å². The second kappa shape index (κ2) is 11.9. The zero-order valence-corrected chi connectivity index (χ0v) is 16.9. The number of nitrogens with zero attached hydrogens (tertiary/aromatic N) is 1. The molecule has 0 radical (unpaired) electrons. The number of rotatable bonds is 7. The molecular formula is C18H29Cl2F3N2O. The third-order valence-corrected chi connectivity index (χ3v) is 4.60. The van der Waals surface area contributed by atoms with Gasteiger partial charge in [-0.1, -0.05) is 32.3 Å². The average Bonchev–Trinajstić information content (AvgIpc) is 2.58. The van der Waals surface area contributed by atoms with Crippen LogP contribution in [0.4, 0.5) is 13.2 Å². The van der Waals surface area contributed by atoms with Crippen LogP contribution in [0.5, 0.6) is 5.75 Å². The van der Waals surface area contributed by atoms with Gasteiger partial charge in [-0.3, -0.25) is 4.90 Å². The molecule has 152 valence electrons. The van der Waals surface area contributed by atoms with Gasteiger partial charge in [0.15, 0.2) is 0 Å². The van der Waals surface area contributed by atoms with Gasteiger partial charge in [0.2, 0.25) is 0 Å². The molecule has 0 amide bonds. The molecule has 1 aromatic carbocycles. The zero-order valence-electron chi connectivity index (χ0n) is 15.3. The number of hydrogen-bond acceptors (Lipinski definition) is 3. The van der Waals surface area contributed by atoms with E-state index in [1.807, 2.05) is 0 Å². The maximum Gasteiger partial charge on any atom is 0.416 e. The first kappa shape index (κ1) is 25.3. The van der Waals surface area contributed by atoms with Crippen molar-refractivity contribution in [3.8, 4) is 5.75 Å². The van der Waals surface area contributed by atoms with Crippen molar-refractivity contribution in [2.75, 3.05) is 33.3 Å². The van der Waals surface area contributed by atoms with Gasteiger partial charge in [-0.2, -0.15) is 13.2 Å². The van der Waals surface area contributed by atoms with Gasteiger partial charge in [-0.25, -0.2) is 0 Å². The van der Waals surface area contributed by atoms with Crippen LogP contribution in [-0.4, -0.2) is 38.2 Å². The van der Waals surface area contributed by atoms with E-state index in [1.165, 1.54) is 7.11 Å². The summed E-state index contributed by atoms with van der Waals surface area (Å²) in [5.74, 6) is 0.249. The number of benzene rings is 1. The van der Waals surface area contributed by atoms with Gasteiger partial charge in [-0.05, 0) is 24.1 Å². The molecule has 0 aliphatic carbocycles. The Kier molecular flexibility index (Phi) is 11.6. The molecule has 26 heavy (non-hydrogen) atoms. The topological polar surface area (TPSA) is 24.5 Å². The second-order valence-electron chi connectivity index (χ2n) is 6.25. The van der Waals surface area contributed by atoms with Crippen molar-refractivity contribution in [1.29, 1.82) is 0 Å². The third-order valence-electron chi connectivity index (χ3n) is 4.60. The fourth-order valence-corrected chi connectivity index (χ4v) is 3.31. The van der Waals surface area contributed by atoms with Crippen molar-refractivity contribution in [1.82, 2.24) is 10.2 Å². The SMILES string of the molecule is CCCCC[C@H](c1ccc(OC)cc1C(F)(F)F)N1CCNCC1.Cl.Cl. The summed E-state index contributed by atoms with van der Waals surface area (Å²) in [5.41, 5.74) is -0.191. The molecule has 1 aliphatic rings. The van der Waals surface area contributed by atoms with Crippen molar-refractivity contribution < 1.29 is 17.9 Å². The summed E-state index contributed by atoms with van der Waals surface area (Å²) in [6, 6.07) is 4.17. The Morgan fingerprint density at radius 3 is 2.35 bits per heavy atom. The van der Waals surface area contributed by atoms with E-state index < -0.39 is 11.7 Å². The lowest BCUT2D eigenvalue weighted by molar-refractivity contribution is -0.139. The molecule has 1 heterocycles. The van der Waals surface area contributed by atoms with E-state index in [-0.39, 0.29) is 36.6 Å². The smallest absolute Gasteiger partial charge is 0.416 e. The van der Waals surface area contributed by atoms with Crippen LogP contribution in [0.25, 0.3) is 0 Å². The van der Waals surface area contributed by atoms with E-state index in [0.717, 1.165) is 57.9 Å². The van der Waals surface area contributed by atoms with Gasteiger partial charge < -0.3 is 10.1 Å². The molecule has 1 N–H and O–H groups in total. The van der Waals surface area contributed by atoms with Gasteiger partial charge in [0.25, 0.3) is 0 Å². The summed E-state index contributed by atoms with van der Waals surface area (Å²) in [6.07, 6.45) is -0.582. The minimum Gasteiger partial charge on any atom is -0.497 e. The summed E-state index contributed by atoms with van der Waals surface area (Å²) in [5, 5.41) is 3.27. The number of piperazine rings is 1. The lowest BCUT2D eigenvalue weighted by atomic mass is 9.93. The van der Waals surface area contributed by atoms with Gasteiger partial charge in [0, 0.05) is 32.2 Å². The van der Waals surface area contributed by atoms with Crippen molar-refractivity contribution >= 4 is 24.8 Å². The summed E-state index contributed by atoms with van der Waals surface area (Å²) in [4.78, 5) is 2.18. The van der Waals surface area contributed by atoms with Gasteiger partial charge >= 0.3 is 6.18 Å². The number of halogens is 5. The Morgan fingerprint density at radius 2 is 1.81 bits per heavy atom. The summed E-state index contributed by atoms with van der Waals surface area (Å²) < 4.78 is 45.8. The predicted octanol–water partition coefficient (Wildman–Crippen LogP) is 5.08. The first-order chi connectivity index (χ1) is 11.5. The fraction of sp³-hybridized carbons (Fsp3) is 0.667. The molecule has 2 rings (SSSR count). The van der Waals surface area contributed by atoms with E-state index >= 15 is 0 Å². The summed E-state index contributed by atoms with van der Waals surface area (Å²) in [7, 11) is 1.39. The molecule has 1 saturated heterocycles. The normalized spacial score (nSPS) is 16.3. The Labute approximate surface area is 166 Å². The highest BCUT2D eigenvalue weighted by Crippen LogP contribution is 2.40. The Morgan fingerprint density at radius 1 is 1.15 bits per heavy atom. The van der Waals surface area contributed by atoms with Gasteiger partial charge in [-0.15, -0.1) is 24.8 Å². The number of alkyl halides is 3. The predicted molar refractivity (Wildman–Crippen MR) is 104 cm³/mol. The molecule has 1 aromatic rings. The van der Waals surface area contributed by atoms with Crippen LogP contribution >= 0.6 is 24.8 Å². The van der Waals surface area contributed by atoms with Gasteiger partial charge in [0.05, 0.1) is 12.7 Å². The van der Waals surface area contributed by atoms with Crippen LogP contribution in [0.1, 0.15) is 49.8 Å². The second-order valence-corrected chi connectivity index (χ2v) is 6.25. The fourth-order valence-electron chi connectivity index (χ4n) is 3.31. The minimum atomic E-state index is -4.37. The molecule has 0 bridgehead atoms. The Balaban J connectivity index is 0.00000312. The minimum absolute atomic E-state index is 0. The number of nitrogens with one attached hydrogen (secondary N) is 1. The highest BCUT2D eigenvalue weighted by molar-refractivity contribution is 5.85. The van der Waals surface area contributed by atoms with E-state index in [4.69, 9.17) is 4.74 Å². The van der Waals surface area contributed by atoms with Crippen molar-refractivity contribution in [2.45, 2.75) is 44.8 Å². The van der Waals surface area contributed by atoms with Crippen LogP contribution in [0.15, 0.2) is 18.2 Å².